The molecule has 5 heteroatoms. The number of likely N-dealkylation sites (tertiary alicyclic amines) is 1. The minimum Gasteiger partial charge on any atom is -0.339 e. The van der Waals surface area contributed by atoms with Crippen molar-refractivity contribution in [2.45, 2.75) is 19.3 Å². The number of aromatic nitrogens is 1. The lowest BCUT2D eigenvalue weighted by Gasteiger charge is -2.32. The first kappa shape index (κ1) is 19.1. The quantitative estimate of drug-likeness (QED) is 0.674. The highest BCUT2D eigenvalue weighted by Gasteiger charge is 2.24. The van der Waals surface area contributed by atoms with Gasteiger partial charge in [-0.1, -0.05) is 30.3 Å². The average molecular weight is 390 g/mol. The van der Waals surface area contributed by atoms with Crippen LogP contribution in [-0.2, 0) is 6.42 Å². The number of piperidine rings is 1. The molecule has 0 saturated carbocycles. The molecule has 1 saturated heterocycles. The van der Waals surface area contributed by atoms with Crippen molar-refractivity contribution in [2.24, 2.45) is 5.92 Å². The van der Waals surface area contributed by atoms with Crippen LogP contribution in [0.3, 0.4) is 0 Å². The second kappa shape index (κ2) is 8.43. The van der Waals surface area contributed by atoms with Crippen molar-refractivity contribution in [1.82, 2.24) is 9.47 Å². The van der Waals surface area contributed by atoms with Crippen LogP contribution in [-0.4, -0.2) is 28.5 Å². The Labute approximate surface area is 169 Å². The molecule has 0 radical (unpaired) electrons. The maximum atomic E-state index is 13.2. The topological polar surface area (TPSA) is 42.3 Å². The molecule has 3 aromatic rings. The average Bonchev–Trinajstić information content (AvgIpc) is 2.76. The van der Waals surface area contributed by atoms with Crippen LogP contribution in [0.1, 0.15) is 28.8 Å². The minimum atomic E-state index is -0.368. The largest absolute Gasteiger partial charge is 0.339 e. The summed E-state index contributed by atoms with van der Waals surface area (Å²) in [6.07, 6.45) is 4.53. The molecule has 29 heavy (non-hydrogen) atoms. The first-order valence-electron chi connectivity index (χ1n) is 9.92. The molecule has 0 aliphatic carbocycles. The van der Waals surface area contributed by atoms with Crippen LogP contribution in [0, 0.1) is 11.7 Å². The summed E-state index contributed by atoms with van der Waals surface area (Å²) < 4.78 is 14.6. The third-order valence-corrected chi connectivity index (χ3v) is 5.53. The Morgan fingerprint density at radius 2 is 1.62 bits per heavy atom. The zero-order valence-corrected chi connectivity index (χ0v) is 16.1. The number of pyridine rings is 1. The zero-order chi connectivity index (χ0) is 20.2. The number of amides is 1. The van der Waals surface area contributed by atoms with E-state index < -0.39 is 0 Å². The molecule has 0 unspecified atom stereocenters. The highest BCUT2D eigenvalue weighted by Crippen LogP contribution is 2.23. The van der Waals surface area contributed by atoms with Crippen molar-refractivity contribution in [1.29, 1.82) is 0 Å². The minimum absolute atomic E-state index is 0.0703. The summed E-state index contributed by atoms with van der Waals surface area (Å²) in [5.74, 6) is 0.140. The molecule has 0 spiro atoms. The van der Waals surface area contributed by atoms with Crippen LogP contribution >= 0.6 is 0 Å². The van der Waals surface area contributed by atoms with E-state index in [2.05, 4.69) is 24.3 Å². The molecule has 4 nitrogen and oxygen atoms in total. The molecule has 2 aromatic carbocycles. The van der Waals surface area contributed by atoms with E-state index in [9.17, 15) is 14.0 Å². The molecule has 1 aliphatic rings. The van der Waals surface area contributed by atoms with Gasteiger partial charge < -0.3 is 4.90 Å². The monoisotopic (exact) mass is 390 g/mol. The van der Waals surface area contributed by atoms with Gasteiger partial charge in [0.2, 0.25) is 0 Å². The fourth-order valence-electron chi connectivity index (χ4n) is 3.89. The van der Waals surface area contributed by atoms with Crippen molar-refractivity contribution >= 4 is 5.91 Å². The smallest absolute Gasteiger partial charge is 0.255 e. The molecule has 0 N–H and O–H groups in total. The van der Waals surface area contributed by atoms with Crippen LogP contribution in [0.15, 0.2) is 77.7 Å². The first-order chi connectivity index (χ1) is 14.1. The number of halogens is 1. The molecule has 4 rings (SSSR count). The van der Waals surface area contributed by atoms with Crippen molar-refractivity contribution in [3.63, 3.8) is 0 Å². The highest BCUT2D eigenvalue weighted by molar-refractivity contribution is 5.94. The molecule has 148 valence electrons. The summed E-state index contributed by atoms with van der Waals surface area (Å²) in [5.41, 5.74) is 2.08. The summed E-state index contributed by atoms with van der Waals surface area (Å²) in [6, 6.07) is 19.1. The Hall–Kier alpha value is -3.21. The summed E-state index contributed by atoms with van der Waals surface area (Å²) in [5, 5.41) is 0. The maximum Gasteiger partial charge on any atom is 0.255 e. The van der Waals surface area contributed by atoms with Crippen molar-refractivity contribution in [3.05, 3.63) is 100 Å². The van der Waals surface area contributed by atoms with E-state index in [0.29, 0.717) is 30.3 Å². The third-order valence-electron chi connectivity index (χ3n) is 5.53. The maximum absolute atomic E-state index is 13.2. The van der Waals surface area contributed by atoms with Crippen molar-refractivity contribution in [3.8, 4) is 5.69 Å². The van der Waals surface area contributed by atoms with Crippen molar-refractivity contribution in [2.75, 3.05) is 13.1 Å². The van der Waals surface area contributed by atoms with E-state index in [0.717, 1.165) is 19.3 Å². The van der Waals surface area contributed by atoms with E-state index in [4.69, 9.17) is 0 Å². The number of carbonyl (C=O) groups excluding carboxylic acids is 1. The van der Waals surface area contributed by atoms with Crippen LogP contribution in [0.4, 0.5) is 4.39 Å². The van der Waals surface area contributed by atoms with Crippen LogP contribution in [0.25, 0.3) is 5.69 Å². The Bertz CT molecular complexity index is 1040. The van der Waals surface area contributed by atoms with Gasteiger partial charge in [-0.25, -0.2) is 4.39 Å². The van der Waals surface area contributed by atoms with Crippen LogP contribution in [0.5, 0.6) is 0 Å². The summed E-state index contributed by atoms with van der Waals surface area (Å²) in [4.78, 5) is 27.0. The Morgan fingerprint density at radius 1 is 0.931 bits per heavy atom. The molecule has 0 bridgehead atoms. The van der Waals surface area contributed by atoms with Gasteiger partial charge in [-0.15, -0.1) is 0 Å². The van der Waals surface area contributed by atoms with E-state index in [1.54, 1.807) is 12.3 Å². The van der Waals surface area contributed by atoms with Gasteiger partial charge >= 0.3 is 0 Å². The number of rotatable bonds is 4. The molecular formula is C24H23FN2O2. The van der Waals surface area contributed by atoms with Gasteiger partial charge in [-0.05, 0) is 61.1 Å². The molecule has 1 fully saturated rings. The molecule has 1 amide bonds. The predicted molar refractivity (Wildman–Crippen MR) is 111 cm³/mol. The lowest BCUT2D eigenvalue weighted by atomic mass is 9.90. The fraction of sp³-hybridized carbons (Fsp3) is 0.250. The van der Waals surface area contributed by atoms with Gasteiger partial charge in [-0.3, -0.25) is 14.2 Å². The number of nitrogens with zero attached hydrogens (tertiary/aromatic N) is 2. The van der Waals surface area contributed by atoms with E-state index in [1.165, 1.54) is 40.5 Å². The normalized spacial score (nSPS) is 14.7. The van der Waals surface area contributed by atoms with Gasteiger partial charge in [-0.2, -0.15) is 0 Å². The van der Waals surface area contributed by atoms with Gasteiger partial charge in [0.25, 0.3) is 11.5 Å². The SMILES string of the molecule is O=C(c1ccc(=O)n(-c2ccc(F)cc2)c1)N1CCC(Cc2ccccc2)CC1. The van der Waals surface area contributed by atoms with Gasteiger partial charge in [0.1, 0.15) is 5.82 Å². The molecule has 2 heterocycles. The van der Waals surface area contributed by atoms with Gasteiger partial charge in [0, 0.05) is 31.0 Å². The third kappa shape index (κ3) is 4.45. The highest BCUT2D eigenvalue weighted by atomic mass is 19.1. The van der Waals surface area contributed by atoms with E-state index in [-0.39, 0.29) is 17.3 Å². The lowest BCUT2D eigenvalue weighted by Crippen LogP contribution is -2.39. The summed E-state index contributed by atoms with van der Waals surface area (Å²) >= 11 is 0. The second-order valence-corrected chi connectivity index (χ2v) is 7.53. The fourth-order valence-corrected chi connectivity index (χ4v) is 3.89. The van der Waals surface area contributed by atoms with E-state index >= 15 is 0 Å². The predicted octanol–water partition coefficient (Wildman–Crippen LogP) is 4.07. The summed E-state index contributed by atoms with van der Waals surface area (Å²) in [6.45, 7) is 1.43. The van der Waals surface area contributed by atoms with Crippen LogP contribution < -0.4 is 5.56 Å². The van der Waals surface area contributed by atoms with Crippen LogP contribution in [0.2, 0.25) is 0 Å². The second-order valence-electron chi connectivity index (χ2n) is 7.53. The molecule has 1 aliphatic heterocycles. The van der Waals surface area contributed by atoms with Gasteiger partial charge in [0.05, 0.1) is 5.56 Å². The zero-order valence-electron chi connectivity index (χ0n) is 16.1. The van der Waals surface area contributed by atoms with E-state index in [1.807, 2.05) is 11.0 Å². The summed E-state index contributed by atoms with van der Waals surface area (Å²) in [7, 11) is 0. The number of hydrogen-bond donors (Lipinski definition) is 0. The molecule has 1 aromatic heterocycles. The number of carbonyl (C=O) groups is 1. The Morgan fingerprint density at radius 3 is 2.31 bits per heavy atom. The number of hydrogen-bond acceptors (Lipinski definition) is 2. The molecule has 0 atom stereocenters. The first-order valence-corrected chi connectivity index (χ1v) is 9.92. The lowest BCUT2D eigenvalue weighted by molar-refractivity contribution is 0.0690. The van der Waals surface area contributed by atoms with Crippen molar-refractivity contribution < 1.29 is 9.18 Å². The van der Waals surface area contributed by atoms with Gasteiger partial charge in [0.15, 0.2) is 0 Å². The standard InChI is InChI=1S/C24H23FN2O2/c25-21-7-9-22(10-8-21)27-17-20(6-11-23(27)28)24(29)26-14-12-19(13-15-26)16-18-4-2-1-3-5-18/h1-11,17,19H,12-16H2. The Kier molecular flexibility index (Phi) is 5.56. The molecular weight excluding hydrogens is 367 g/mol. The Balaban J connectivity index is 1.44. The number of benzene rings is 2.